The molecular formula is C26H26N4O3S. The molecule has 1 N–H and O–H groups in total. The first kappa shape index (κ1) is 23.5. The van der Waals surface area contributed by atoms with E-state index in [0.29, 0.717) is 30.1 Å². The second-order valence-electron chi connectivity index (χ2n) is 8.28. The molecule has 3 heterocycles. The topological polar surface area (TPSA) is 95.3 Å². The van der Waals surface area contributed by atoms with Crippen molar-refractivity contribution in [3.63, 3.8) is 0 Å². The number of hydrogen-bond acceptors (Lipinski definition) is 6. The number of thiophene rings is 1. The molecule has 0 aliphatic carbocycles. The third-order valence-electron chi connectivity index (χ3n) is 5.99. The maximum atomic E-state index is 12.8. The number of carbonyl (C=O) groups is 2. The van der Waals surface area contributed by atoms with Gasteiger partial charge in [-0.05, 0) is 41.7 Å². The number of nitrogens with one attached hydrogen (secondary N) is 1. The van der Waals surface area contributed by atoms with Crippen molar-refractivity contribution in [3.05, 3.63) is 75.9 Å². The molecule has 1 aliphatic heterocycles. The number of rotatable bonds is 7. The van der Waals surface area contributed by atoms with Gasteiger partial charge in [0, 0.05) is 29.7 Å². The van der Waals surface area contributed by atoms with Crippen molar-refractivity contribution in [1.29, 1.82) is 5.26 Å². The number of amides is 2. The van der Waals surface area contributed by atoms with Crippen LogP contribution in [0.3, 0.4) is 0 Å². The lowest BCUT2D eigenvalue weighted by atomic mass is 9.96. The van der Waals surface area contributed by atoms with Crippen LogP contribution in [-0.4, -0.2) is 35.4 Å². The van der Waals surface area contributed by atoms with Gasteiger partial charge in [-0.2, -0.15) is 5.26 Å². The molecule has 4 rings (SSSR count). The summed E-state index contributed by atoms with van der Waals surface area (Å²) in [6.45, 7) is 2.96. The highest BCUT2D eigenvalue weighted by molar-refractivity contribution is 7.16. The molecule has 0 spiro atoms. The first-order valence-electron chi connectivity index (χ1n) is 11.1. The maximum Gasteiger partial charge on any atom is 0.228 e. The van der Waals surface area contributed by atoms with Crippen molar-refractivity contribution < 1.29 is 14.3 Å². The Morgan fingerprint density at radius 1 is 1.26 bits per heavy atom. The number of nitriles is 1. The van der Waals surface area contributed by atoms with Crippen LogP contribution in [0.1, 0.15) is 46.5 Å². The first-order valence-corrected chi connectivity index (χ1v) is 12.0. The SMILES string of the molecule is COc1ccccc1C(C)CC(=O)Nc1sc2c(c1C#N)CCN(C(=O)Cc1ccccn1)C2. The molecule has 34 heavy (non-hydrogen) atoms. The van der Waals surface area contributed by atoms with E-state index in [1.54, 1.807) is 18.2 Å². The first-order chi connectivity index (χ1) is 16.5. The minimum absolute atomic E-state index is 0.00692. The minimum Gasteiger partial charge on any atom is -0.496 e. The summed E-state index contributed by atoms with van der Waals surface area (Å²) in [5.74, 6) is 0.558. The van der Waals surface area contributed by atoms with Gasteiger partial charge < -0.3 is 15.0 Å². The van der Waals surface area contributed by atoms with Crippen LogP contribution in [0.2, 0.25) is 0 Å². The van der Waals surface area contributed by atoms with Gasteiger partial charge in [0.25, 0.3) is 0 Å². The summed E-state index contributed by atoms with van der Waals surface area (Å²) >= 11 is 1.38. The summed E-state index contributed by atoms with van der Waals surface area (Å²) in [7, 11) is 1.62. The molecular weight excluding hydrogens is 448 g/mol. The summed E-state index contributed by atoms with van der Waals surface area (Å²) in [6, 6.07) is 15.4. The molecule has 0 radical (unpaired) electrons. The number of hydrogen-bond donors (Lipinski definition) is 1. The third kappa shape index (κ3) is 5.10. The molecule has 1 aromatic carbocycles. The number of carbonyl (C=O) groups excluding carboxylic acids is 2. The molecule has 2 aromatic heterocycles. The van der Waals surface area contributed by atoms with Crippen molar-refractivity contribution in [3.8, 4) is 11.8 Å². The second-order valence-corrected chi connectivity index (χ2v) is 9.38. The van der Waals surface area contributed by atoms with E-state index in [4.69, 9.17) is 4.74 Å². The molecule has 1 atom stereocenters. The minimum atomic E-state index is -0.156. The van der Waals surface area contributed by atoms with E-state index in [1.807, 2.05) is 49.4 Å². The fraction of sp³-hybridized carbons (Fsp3) is 0.308. The van der Waals surface area contributed by atoms with Crippen molar-refractivity contribution in [2.45, 2.75) is 38.6 Å². The zero-order valence-corrected chi connectivity index (χ0v) is 20.0. The maximum absolute atomic E-state index is 12.8. The summed E-state index contributed by atoms with van der Waals surface area (Å²) in [5.41, 5.74) is 3.14. The molecule has 0 saturated carbocycles. The highest BCUT2D eigenvalue weighted by Crippen LogP contribution is 2.37. The summed E-state index contributed by atoms with van der Waals surface area (Å²) in [5, 5.41) is 13.3. The monoisotopic (exact) mass is 474 g/mol. The summed E-state index contributed by atoms with van der Waals surface area (Å²) in [4.78, 5) is 32.6. The average Bonchev–Trinajstić information content (AvgIpc) is 3.20. The van der Waals surface area contributed by atoms with E-state index in [-0.39, 0.29) is 30.6 Å². The Labute approximate surface area is 203 Å². The van der Waals surface area contributed by atoms with Crippen LogP contribution in [0.15, 0.2) is 48.7 Å². The van der Waals surface area contributed by atoms with Gasteiger partial charge in [-0.25, -0.2) is 0 Å². The number of benzene rings is 1. The van der Waals surface area contributed by atoms with E-state index in [2.05, 4.69) is 16.4 Å². The number of fused-ring (bicyclic) bond motifs is 1. The number of aromatic nitrogens is 1. The van der Waals surface area contributed by atoms with Gasteiger partial charge in [-0.15, -0.1) is 11.3 Å². The zero-order chi connectivity index (χ0) is 24.1. The van der Waals surface area contributed by atoms with Crippen LogP contribution in [0.4, 0.5) is 5.00 Å². The van der Waals surface area contributed by atoms with Gasteiger partial charge in [0.1, 0.15) is 16.8 Å². The Balaban J connectivity index is 1.44. The van der Waals surface area contributed by atoms with Crippen LogP contribution in [0, 0.1) is 11.3 Å². The van der Waals surface area contributed by atoms with E-state index in [1.165, 1.54) is 11.3 Å². The highest BCUT2D eigenvalue weighted by atomic mass is 32.1. The standard InChI is InChI=1S/C26H26N4O3S/c1-17(19-8-3-4-9-22(19)33-2)13-24(31)29-26-21(15-27)20-10-12-30(16-23(20)34-26)25(32)14-18-7-5-6-11-28-18/h3-9,11,17H,10,12-14,16H2,1-2H3,(H,29,31). The number of pyridine rings is 1. The fourth-order valence-corrected chi connectivity index (χ4v) is 5.46. The molecule has 1 unspecified atom stereocenters. The lowest BCUT2D eigenvalue weighted by Crippen LogP contribution is -2.36. The molecule has 0 fully saturated rings. The molecule has 174 valence electrons. The Bertz CT molecular complexity index is 1230. The number of methoxy groups -OCH3 is 1. The third-order valence-corrected chi connectivity index (χ3v) is 7.13. The van der Waals surface area contributed by atoms with Crippen LogP contribution in [-0.2, 0) is 29.0 Å². The van der Waals surface area contributed by atoms with Crippen LogP contribution >= 0.6 is 11.3 Å². The van der Waals surface area contributed by atoms with E-state index < -0.39 is 0 Å². The Morgan fingerprint density at radius 3 is 2.79 bits per heavy atom. The van der Waals surface area contributed by atoms with E-state index in [0.717, 1.165) is 27.4 Å². The number of ether oxygens (including phenoxy) is 1. The van der Waals surface area contributed by atoms with E-state index in [9.17, 15) is 14.9 Å². The van der Waals surface area contributed by atoms with Gasteiger partial charge in [0.15, 0.2) is 0 Å². The molecule has 3 aromatic rings. The summed E-state index contributed by atoms with van der Waals surface area (Å²) in [6.07, 6.45) is 2.79. The number of anilines is 1. The van der Waals surface area contributed by atoms with Gasteiger partial charge in [-0.1, -0.05) is 31.2 Å². The lowest BCUT2D eigenvalue weighted by Gasteiger charge is -2.27. The smallest absolute Gasteiger partial charge is 0.228 e. The van der Waals surface area contributed by atoms with E-state index >= 15 is 0 Å². The highest BCUT2D eigenvalue weighted by Gasteiger charge is 2.28. The quantitative estimate of drug-likeness (QED) is 0.551. The molecule has 2 amide bonds. The Kier molecular flexibility index (Phi) is 7.24. The molecule has 0 saturated heterocycles. The van der Waals surface area contributed by atoms with Gasteiger partial charge in [0.2, 0.25) is 11.8 Å². The average molecular weight is 475 g/mol. The predicted molar refractivity (Wildman–Crippen MR) is 131 cm³/mol. The van der Waals surface area contributed by atoms with Crippen molar-refractivity contribution in [2.75, 3.05) is 19.0 Å². The largest absolute Gasteiger partial charge is 0.496 e. The predicted octanol–water partition coefficient (Wildman–Crippen LogP) is 4.28. The zero-order valence-electron chi connectivity index (χ0n) is 19.2. The van der Waals surface area contributed by atoms with Gasteiger partial charge in [0.05, 0.1) is 25.6 Å². The van der Waals surface area contributed by atoms with Gasteiger partial charge in [-0.3, -0.25) is 14.6 Å². The second kappa shape index (κ2) is 10.5. The van der Waals surface area contributed by atoms with Crippen LogP contribution in [0.5, 0.6) is 5.75 Å². The number of nitrogens with zero attached hydrogens (tertiary/aromatic N) is 3. The molecule has 7 nitrogen and oxygen atoms in total. The van der Waals surface area contributed by atoms with Crippen LogP contribution < -0.4 is 10.1 Å². The van der Waals surface area contributed by atoms with Gasteiger partial charge >= 0.3 is 0 Å². The molecule has 8 heteroatoms. The Hall–Kier alpha value is -3.70. The lowest BCUT2D eigenvalue weighted by molar-refractivity contribution is -0.131. The summed E-state index contributed by atoms with van der Waals surface area (Å²) < 4.78 is 5.42. The molecule has 0 bridgehead atoms. The van der Waals surface area contributed by atoms with Crippen molar-refractivity contribution >= 4 is 28.2 Å². The fourth-order valence-electron chi connectivity index (χ4n) is 4.23. The van der Waals surface area contributed by atoms with Crippen LogP contribution in [0.25, 0.3) is 0 Å². The van der Waals surface area contributed by atoms with Crippen molar-refractivity contribution in [2.24, 2.45) is 0 Å². The molecule has 1 aliphatic rings. The Morgan fingerprint density at radius 2 is 2.06 bits per heavy atom. The van der Waals surface area contributed by atoms with Crippen molar-refractivity contribution in [1.82, 2.24) is 9.88 Å². The number of para-hydroxylation sites is 1. The normalized spacial score (nSPS) is 13.5.